The van der Waals surface area contributed by atoms with Crippen LogP contribution in [0.4, 0.5) is 11.5 Å². The number of hydrogen-bond acceptors (Lipinski definition) is 7. The molecule has 0 radical (unpaired) electrons. The van der Waals surface area contributed by atoms with Gasteiger partial charge in [-0.05, 0) is 42.6 Å². The number of nitrogens with zero attached hydrogens (tertiary/aromatic N) is 4. The highest BCUT2D eigenvalue weighted by Crippen LogP contribution is 2.54. The molecule has 10 heteroatoms. The number of aromatic nitrogens is 4. The Bertz CT molecular complexity index is 1150. The summed E-state index contributed by atoms with van der Waals surface area (Å²) in [5.41, 5.74) is 8.01. The highest BCUT2D eigenvalue weighted by Gasteiger charge is 2.53. The fourth-order valence-electron chi connectivity index (χ4n) is 4.27. The molecule has 1 amide bonds. The lowest BCUT2D eigenvalue weighted by molar-refractivity contribution is -0.190. The maximum Gasteiger partial charge on any atom is 0.254 e. The number of anilines is 2. The quantitative estimate of drug-likeness (QED) is 0.565. The normalized spacial score (nSPS) is 18.8. The molecule has 2 aromatic heterocycles. The van der Waals surface area contributed by atoms with Gasteiger partial charge < -0.3 is 20.5 Å². The van der Waals surface area contributed by atoms with Crippen molar-refractivity contribution in [3.8, 4) is 17.0 Å². The molecule has 1 aromatic carbocycles. The van der Waals surface area contributed by atoms with Gasteiger partial charge in [0.2, 0.25) is 5.28 Å². The van der Waals surface area contributed by atoms with Crippen molar-refractivity contribution in [1.29, 1.82) is 0 Å². The van der Waals surface area contributed by atoms with Crippen LogP contribution in [0, 0.1) is 5.41 Å². The predicted molar refractivity (Wildman–Crippen MR) is 115 cm³/mol. The molecule has 1 saturated carbocycles. The molecule has 2 aliphatic rings. The molecule has 0 bridgehead atoms. The molecule has 5 rings (SSSR count). The Kier molecular flexibility index (Phi) is 4.79. The van der Waals surface area contributed by atoms with Crippen molar-refractivity contribution < 1.29 is 14.3 Å². The third-order valence-electron chi connectivity index (χ3n) is 6.10. The first kappa shape index (κ1) is 19.8. The van der Waals surface area contributed by atoms with Crippen LogP contribution < -0.4 is 15.8 Å². The van der Waals surface area contributed by atoms with E-state index in [1.165, 1.54) is 12.6 Å². The molecule has 1 atom stereocenters. The van der Waals surface area contributed by atoms with Crippen molar-refractivity contribution in [2.24, 2.45) is 11.1 Å². The van der Waals surface area contributed by atoms with E-state index in [0.29, 0.717) is 17.5 Å². The van der Waals surface area contributed by atoms with E-state index in [-0.39, 0.29) is 22.1 Å². The Balaban J connectivity index is 1.48. The lowest BCUT2D eigenvalue weighted by atomic mass is 9.63. The summed E-state index contributed by atoms with van der Waals surface area (Å²) < 4.78 is 13.2. The van der Waals surface area contributed by atoms with Gasteiger partial charge in [-0.2, -0.15) is 10.1 Å². The highest BCUT2D eigenvalue weighted by atomic mass is 35.5. The topological polar surface area (TPSA) is 117 Å². The first-order chi connectivity index (χ1) is 15.0. The summed E-state index contributed by atoms with van der Waals surface area (Å²) in [7, 11) is 1.58. The summed E-state index contributed by atoms with van der Waals surface area (Å²) in [5.74, 6) is 0.102. The first-order valence-corrected chi connectivity index (χ1v) is 10.3. The number of carbonyl (C=O) groups excluding carboxylic acids is 1. The van der Waals surface area contributed by atoms with Gasteiger partial charge in [-0.15, -0.1) is 0 Å². The molecule has 2 fully saturated rings. The Morgan fingerprint density at radius 2 is 2.23 bits per heavy atom. The predicted octanol–water partition coefficient (Wildman–Crippen LogP) is 3.20. The Hall–Kier alpha value is -3.17. The molecule has 1 unspecified atom stereocenters. The SMILES string of the molecule is COc1c(Nc2nc(Cl)ncc2C(N)=O)cccc1-c1ccn(C2CCC23COC3)n1. The summed E-state index contributed by atoms with van der Waals surface area (Å²) in [6.07, 6.45) is 5.58. The minimum atomic E-state index is -0.664. The van der Waals surface area contributed by atoms with Gasteiger partial charge in [0.25, 0.3) is 5.91 Å². The molecule has 1 spiro atoms. The number of halogens is 1. The van der Waals surface area contributed by atoms with E-state index in [1.807, 2.05) is 35.1 Å². The van der Waals surface area contributed by atoms with Crippen LogP contribution in [-0.2, 0) is 4.74 Å². The van der Waals surface area contributed by atoms with Crippen LogP contribution in [0.15, 0.2) is 36.7 Å². The van der Waals surface area contributed by atoms with Gasteiger partial charge in [0.1, 0.15) is 11.4 Å². The summed E-state index contributed by atoms with van der Waals surface area (Å²) >= 11 is 5.91. The van der Waals surface area contributed by atoms with E-state index >= 15 is 0 Å². The second-order valence-electron chi connectivity index (χ2n) is 7.87. The number of rotatable bonds is 6. The van der Waals surface area contributed by atoms with Crippen molar-refractivity contribution in [1.82, 2.24) is 19.7 Å². The molecule has 1 saturated heterocycles. The van der Waals surface area contributed by atoms with Gasteiger partial charge in [0.15, 0.2) is 5.75 Å². The molecule has 160 valence electrons. The molecule has 3 N–H and O–H groups in total. The van der Waals surface area contributed by atoms with Crippen LogP contribution in [-0.4, -0.2) is 46.0 Å². The van der Waals surface area contributed by atoms with Crippen LogP contribution >= 0.6 is 11.6 Å². The number of methoxy groups -OCH3 is 1. The van der Waals surface area contributed by atoms with Crippen LogP contribution in [0.3, 0.4) is 0 Å². The summed E-state index contributed by atoms with van der Waals surface area (Å²) in [6.45, 7) is 1.61. The minimum absolute atomic E-state index is 0.00392. The summed E-state index contributed by atoms with van der Waals surface area (Å²) in [4.78, 5) is 19.7. The summed E-state index contributed by atoms with van der Waals surface area (Å²) in [6, 6.07) is 7.96. The average molecular weight is 441 g/mol. The number of nitrogens with one attached hydrogen (secondary N) is 1. The van der Waals surface area contributed by atoms with E-state index in [4.69, 9.17) is 31.9 Å². The van der Waals surface area contributed by atoms with Gasteiger partial charge in [-0.3, -0.25) is 9.48 Å². The third-order valence-corrected chi connectivity index (χ3v) is 6.28. The van der Waals surface area contributed by atoms with Crippen molar-refractivity contribution >= 4 is 29.0 Å². The number of primary amides is 1. The highest BCUT2D eigenvalue weighted by molar-refractivity contribution is 6.28. The number of carbonyl (C=O) groups is 1. The van der Waals surface area contributed by atoms with Gasteiger partial charge >= 0.3 is 0 Å². The molecular formula is C21H21ClN6O3. The zero-order valence-corrected chi connectivity index (χ0v) is 17.6. The maximum absolute atomic E-state index is 11.8. The number of ether oxygens (including phenoxy) is 2. The number of hydrogen-bond donors (Lipinski definition) is 2. The average Bonchev–Trinajstić information content (AvgIpc) is 3.14. The molecule has 1 aliphatic heterocycles. The minimum Gasteiger partial charge on any atom is -0.494 e. The Morgan fingerprint density at radius 3 is 2.87 bits per heavy atom. The van der Waals surface area contributed by atoms with Crippen LogP contribution in [0.5, 0.6) is 5.75 Å². The van der Waals surface area contributed by atoms with Crippen molar-refractivity contribution in [2.45, 2.75) is 18.9 Å². The molecule has 3 aromatic rings. The molecule has 1 aliphatic carbocycles. The van der Waals surface area contributed by atoms with E-state index in [1.54, 1.807) is 7.11 Å². The fraction of sp³-hybridized carbons (Fsp3) is 0.333. The zero-order valence-electron chi connectivity index (χ0n) is 16.8. The first-order valence-electron chi connectivity index (χ1n) is 9.90. The number of benzene rings is 1. The van der Waals surface area contributed by atoms with E-state index in [9.17, 15) is 4.79 Å². The molecule has 9 nitrogen and oxygen atoms in total. The smallest absolute Gasteiger partial charge is 0.254 e. The number of amides is 1. The Labute approximate surface area is 183 Å². The van der Waals surface area contributed by atoms with Crippen molar-refractivity contribution in [2.75, 3.05) is 25.6 Å². The summed E-state index contributed by atoms with van der Waals surface area (Å²) in [5, 5.41) is 7.92. The largest absolute Gasteiger partial charge is 0.494 e. The van der Waals surface area contributed by atoms with E-state index in [0.717, 1.165) is 30.9 Å². The van der Waals surface area contributed by atoms with Gasteiger partial charge in [-0.25, -0.2) is 4.98 Å². The molecule has 3 heterocycles. The zero-order chi connectivity index (χ0) is 21.6. The van der Waals surface area contributed by atoms with Crippen molar-refractivity contribution in [3.05, 3.63) is 47.5 Å². The fourth-order valence-corrected chi connectivity index (χ4v) is 4.40. The lowest BCUT2D eigenvalue weighted by Gasteiger charge is -2.54. The molecular weight excluding hydrogens is 420 g/mol. The standard InChI is InChI=1S/C21H21ClN6O3/c1-30-17-12(14-6-8-28(27-14)16-5-7-21(16)10-31-11-21)3-2-4-15(17)25-19-13(18(23)29)9-24-20(22)26-19/h2-4,6,8-9,16H,5,7,10-11H2,1H3,(H2,23,29)(H,24,25,26). The lowest BCUT2D eigenvalue weighted by Crippen LogP contribution is -2.55. The monoisotopic (exact) mass is 440 g/mol. The third kappa shape index (κ3) is 3.30. The Morgan fingerprint density at radius 1 is 1.39 bits per heavy atom. The van der Waals surface area contributed by atoms with E-state index < -0.39 is 5.91 Å². The van der Waals surface area contributed by atoms with Crippen LogP contribution in [0.25, 0.3) is 11.3 Å². The van der Waals surface area contributed by atoms with Crippen molar-refractivity contribution in [3.63, 3.8) is 0 Å². The van der Waals surface area contributed by atoms with Gasteiger partial charge in [0.05, 0.1) is 37.7 Å². The van der Waals surface area contributed by atoms with Crippen LogP contribution in [0.2, 0.25) is 5.28 Å². The second-order valence-corrected chi connectivity index (χ2v) is 8.21. The van der Waals surface area contributed by atoms with Gasteiger partial charge in [0, 0.05) is 23.4 Å². The van der Waals surface area contributed by atoms with Gasteiger partial charge in [-0.1, -0.05) is 6.07 Å². The molecule has 31 heavy (non-hydrogen) atoms. The maximum atomic E-state index is 11.8. The number of nitrogens with two attached hydrogens (primary N) is 1. The number of para-hydroxylation sites is 1. The van der Waals surface area contributed by atoms with E-state index in [2.05, 4.69) is 15.3 Å². The second kappa shape index (κ2) is 7.51. The van der Waals surface area contributed by atoms with Crippen LogP contribution in [0.1, 0.15) is 29.2 Å².